The first-order chi connectivity index (χ1) is 11.2. The Balaban J connectivity index is 1.82. The molecule has 0 atom stereocenters. The van der Waals surface area contributed by atoms with E-state index in [0.717, 1.165) is 67.5 Å². The molecule has 0 bridgehead atoms. The number of hydrogen-bond acceptors (Lipinski definition) is 3. The molecule has 0 aromatic carbocycles. The van der Waals surface area contributed by atoms with Crippen molar-refractivity contribution in [2.75, 3.05) is 0 Å². The first-order valence-electron chi connectivity index (χ1n) is 8.64. The van der Waals surface area contributed by atoms with Crippen molar-refractivity contribution in [1.82, 2.24) is 10.2 Å². The van der Waals surface area contributed by atoms with E-state index in [1.807, 2.05) is 22.4 Å². The molecule has 1 saturated carbocycles. The first kappa shape index (κ1) is 14.9. The van der Waals surface area contributed by atoms with Crippen molar-refractivity contribution >= 4 is 23.2 Å². The van der Waals surface area contributed by atoms with E-state index in [1.165, 1.54) is 17.8 Å². The van der Waals surface area contributed by atoms with Gasteiger partial charge in [-0.05, 0) is 62.8 Å². The summed E-state index contributed by atoms with van der Waals surface area (Å²) in [5.41, 5.74) is 1.35. The fourth-order valence-corrected chi connectivity index (χ4v) is 4.95. The third kappa shape index (κ3) is 2.42. The zero-order valence-electron chi connectivity index (χ0n) is 13.3. The van der Waals surface area contributed by atoms with Crippen LogP contribution in [0.1, 0.15) is 67.5 Å². The lowest BCUT2D eigenvalue weighted by atomic mass is 9.82. The Morgan fingerprint density at radius 2 is 1.91 bits per heavy atom. The smallest absolute Gasteiger partial charge is 0.270 e. The lowest BCUT2D eigenvalue weighted by Gasteiger charge is -2.51. The number of hydrogen-bond donors (Lipinski definition) is 1. The molecule has 1 aromatic heterocycles. The molecule has 1 aromatic rings. The van der Waals surface area contributed by atoms with Gasteiger partial charge < -0.3 is 5.32 Å². The molecule has 23 heavy (non-hydrogen) atoms. The largest absolute Gasteiger partial charge is 0.329 e. The Kier molecular flexibility index (Phi) is 3.76. The van der Waals surface area contributed by atoms with E-state index in [1.54, 1.807) is 0 Å². The topological polar surface area (TPSA) is 49.4 Å². The molecule has 5 heteroatoms. The van der Waals surface area contributed by atoms with Gasteiger partial charge in [0.25, 0.3) is 11.8 Å². The van der Waals surface area contributed by atoms with Crippen LogP contribution in [0.3, 0.4) is 0 Å². The molecule has 0 unspecified atom stereocenters. The molecule has 0 radical (unpaired) electrons. The second kappa shape index (κ2) is 5.78. The molecule has 3 aliphatic rings. The number of nitrogens with one attached hydrogen (secondary N) is 1. The van der Waals surface area contributed by atoms with E-state index in [9.17, 15) is 9.59 Å². The van der Waals surface area contributed by atoms with Gasteiger partial charge in [-0.25, -0.2) is 0 Å². The van der Waals surface area contributed by atoms with Crippen LogP contribution in [-0.2, 0) is 4.79 Å². The van der Waals surface area contributed by atoms with Crippen LogP contribution in [0.15, 0.2) is 28.8 Å². The minimum atomic E-state index is -0.493. The van der Waals surface area contributed by atoms with Gasteiger partial charge >= 0.3 is 0 Å². The number of carbonyl (C=O) groups is 2. The minimum Gasteiger partial charge on any atom is -0.329 e. The van der Waals surface area contributed by atoms with Crippen LogP contribution in [0.2, 0.25) is 0 Å². The SMILES string of the molecule is O=C1NC2(CCCCC2)N(C(=O)c2cccs2)C2=C1CCCC2. The zero-order valence-corrected chi connectivity index (χ0v) is 14.1. The fraction of sp³-hybridized carbons (Fsp3) is 0.556. The van der Waals surface area contributed by atoms with Crippen LogP contribution in [0.4, 0.5) is 0 Å². The van der Waals surface area contributed by atoms with Gasteiger partial charge in [-0.1, -0.05) is 12.5 Å². The number of amides is 2. The van der Waals surface area contributed by atoms with Crippen LogP contribution in [-0.4, -0.2) is 22.4 Å². The number of rotatable bonds is 1. The molecule has 2 heterocycles. The van der Waals surface area contributed by atoms with Crippen LogP contribution in [0.25, 0.3) is 0 Å². The highest BCUT2D eigenvalue weighted by Crippen LogP contribution is 2.42. The summed E-state index contributed by atoms with van der Waals surface area (Å²) in [6.45, 7) is 0. The molecule has 1 fully saturated rings. The summed E-state index contributed by atoms with van der Waals surface area (Å²) in [4.78, 5) is 28.6. The number of allylic oxidation sites excluding steroid dienone is 1. The number of thiophene rings is 1. The van der Waals surface area contributed by atoms with Gasteiger partial charge in [-0.15, -0.1) is 11.3 Å². The Labute approximate surface area is 140 Å². The van der Waals surface area contributed by atoms with Gasteiger partial charge in [0.05, 0.1) is 4.88 Å². The van der Waals surface area contributed by atoms with Gasteiger partial charge in [0.2, 0.25) is 0 Å². The predicted octanol–water partition coefficient (Wildman–Crippen LogP) is 3.81. The molecular formula is C18H22N2O2S. The molecule has 0 saturated heterocycles. The van der Waals surface area contributed by atoms with Crippen LogP contribution in [0, 0.1) is 0 Å². The molecular weight excluding hydrogens is 308 g/mol. The van der Waals surface area contributed by atoms with Crippen molar-refractivity contribution in [1.29, 1.82) is 0 Å². The molecule has 4 rings (SSSR count). The van der Waals surface area contributed by atoms with E-state index < -0.39 is 5.66 Å². The molecule has 4 nitrogen and oxygen atoms in total. The van der Waals surface area contributed by atoms with Crippen molar-refractivity contribution in [2.24, 2.45) is 0 Å². The van der Waals surface area contributed by atoms with Crippen molar-refractivity contribution in [2.45, 2.75) is 63.5 Å². The Morgan fingerprint density at radius 3 is 2.65 bits per heavy atom. The third-order valence-corrected chi connectivity index (χ3v) is 6.23. The average Bonchev–Trinajstić information content (AvgIpc) is 3.10. The van der Waals surface area contributed by atoms with E-state index in [2.05, 4.69) is 5.32 Å². The monoisotopic (exact) mass is 330 g/mol. The normalized spacial score (nSPS) is 23.7. The summed E-state index contributed by atoms with van der Waals surface area (Å²) in [6.07, 6.45) is 8.81. The predicted molar refractivity (Wildman–Crippen MR) is 89.9 cm³/mol. The van der Waals surface area contributed by atoms with E-state index in [4.69, 9.17) is 0 Å². The highest BCUT2D eigenvalue weighted by molar-refractivity contribution is 7.12. The van der Waals surface area contributed by atoms with E-state index in [0.29, 0.717) is 0 Å². The zero-order chi connectivity index (χ0) is 15.9. The highest BCUT2D eigenvalue weighted by Gasteiger charge is 2.48. The Bertz CT molecular complexity index is 657. The summed E-state index contributed by atoms with van der Waals surface area (Å²) in [6, 6.07) is 3.81. The number of nitrogens with zero attached hydrogens (tertiary/aromatic N) is 1. The average molecular weight is 330 g/mol. The first-order valence-corrected chi connectivity index (χ1v) is 9.52. The Morgan fingerprint density at radius 1 is 1.13 bits per heavy atom. The lowest BCUT2D eigenvalue weighted by Crippen LogP contribution is -2.66. The summed E-state index contributed by atoms with van der Waals surface area (Å²) in [5, 5.41) is 5.18. The summed E-state index contributed by atoms with van der Waals surface area (Å²) in [7, 11) is 0. The minimum absolute atomic E-state index is 0.0660. The van der Waals surface area contributed by atoms with Crippen LogP contribution >= 0.6 is 11.3 Å². The lowest BCUT2D eigenvalue weighted by molar-refractivity contribution is -0.124. The fourth-order valence-electron chi connectivity index (χ4n) is 4.29. The maximum absolute atomic E-state index is 13.2. The van der Waals surface area contributed by atoms with Crippen molar-refractivity contribution in [3.05, 3.63) is 33.7 Å². The van der Waals surface area contributed by atoms with Crippen LogP contribution < -0.4 is 5.32 Å². The highest BCUT2D eigenvalue weighted by atomic mass is 32.1. The molecule has 2 amide bonds. The van der Waals surface area contributed by atoms with E-state index >= 15 is 0 Å². The van der Waals surface area contributed by atoms with Gasteiger partial charge in [0.15, 0.2) is 0 Å². The third-order valence-electron chi connectivity index (χ3n) is 5.37. The summed E-state index contributed by atoms with van der Waals surface area (Å²) < 4.78 is 0. The van der Waals surface area contributed by atoms with Gasteiger partial charge in [0.1, 0.15) is 5.66 Å². The standard InChI is InChI=1S/C18H22N2O2S/c21-16-13-7-2-3-8-14(13)20(17(22)15-9-6-12-23-15)18(19-16)10-4-1-5-11-18/h6,9,12H,1-5,7-8,10-11H2,(H,19,21). The van der Waals surface area contributed by atoms with Gasteiger partial charge in [-0.3, -0.25) is 14.5 Å². The Hall–Kier alpha value is -1.62. The maximum atomic E-state index is 13.2. The second-order valence-corrected chi connectivity index (χ2v) is 7.74. The molecule has 2 aliphatic carbocycles. The second-order valence-electron chi connectivity index (χ2n) is 6.80. The summed E-state index contributed by atoms with van der Waals surface area (Å²) >= 11 is 1.49. The van der Waals surface area contributed by atoms with Crippen molar-refractivity contribution < 1.29 is 9.59 Å². The maximum Gasteiger partial charge on any atom is 0.270 e. The molecule has 122 valence electrons. The van der Waals surface area contributed by atoms with Crippen molar-refractivity contribution in [3.8, 4) is 0 Å². The van der Waals surface area contributed by atoms with Gasteiger partial charge in [-0.2, -0.15) is 0 Å². The van der Waals surface area contributed by atoms with E-state index in [-0.39, 0.29) is 11.8 Å². The van der Waals surface area contributed by atoms with Crippen molar-refractivity contribution in [3.63, 3.8) is 0 Å². The number of carbonyl (C=O) groups excluding carboxylic acids is 2. The molecule has 1 spiro atoms. The summed E-state index contributed by atoms with van der Waals surface area (Å²) in [5.74, 6) is 0.133. The quantitative estimate of drug-likeness (QED) is 0.851. The molecule has 1 N–H and O–H groups in total. The van der Waals surface area contributed by atoms with Gasteiger partial charge in [0, 0.05) is 11.3 Å². The molecule has 1 aliphatic heterocycles. The van der Waals surface area contributed by atoms with Crippen LogP contribution in [0.5, 0.6) is 0 Å².